The first-order chi connectivity index (χ1) is 9.71. The molecular weight excluding hydrogens is 269 g/mol. The van der Waals surface area contributed by atoms with E-state index >= 15 is 0 Å². The monoisotopic (exact) mass is 291 g/mol. The number of amides is 1. The number of hydrogen-bond acceptors (Lipinski definition) is 4. The van der Waals surface area contributed by atoms with Gasteiger partial charge in [0.1, 0.15) is 5.75 Å². The number of carbonyl (C=O) groups is 1. The van der Waals surface area contributed by atoms with Crippen molar-refractivity contribution in [2.75, 3.05) is 14.2 Å². The van der Waals surface area contributed by atoms with E-state index in [1.54, 1.807) is 26.3 Å². The van der Waals surface area contributed by atoms with Crippen LogP contribution in [-0.4, -0.2) is 38.4 Å². The van der Waals surface area contributed by atoms with Gasteiger partial charge in [-0.05, 0) is 39.8 Å². The van der Waals surface area contributed by atoms with Crippen molar-refractivity contribution in [1.82, 2.24) is 5.32 Å². The van der Waals surface area contributed by atoms with Gasteiger partial charge in [-0.15, -0.1) is 0 Å². The fourth-order valence-electron chi connectivity index (χ4n) is 2.16. The van der Waals surface area contributed by atoms with Crippen LogP contribution in [0.3, 0.4) is 0 Å². The first-order valence-electron chi connectivity index (χ1n) is 6.97. The van der Waals surface area contributed by atoms with Crippen LogP contribution in [-0.2, 0) is 9.31 Å². The number of rotatable bonds is 3. The summed E-state index contributed by atoms with van der Waals surface area (Å²) in [6.45, 7) is 7.99. The molecule has 21 heavy (non-hydrogen) atoms. The molecule has 2 rings (SSSR count). The molecule has 1 aromatic carbocycles. The molecule has 0 radical (unpaired) electrons. The summed E-state index contributed by atoms with van der Waals surface area (Å²) in [4.78, 5) is 11.7. The van der Waals surface area contributed by atoms with Crippen molar-refractivity contribution < 1.29 is 18.8 Å². The minimum atomic E-state index is -0.510. The second kappa shape index (κ2) is 5.35. The van der Waals surface area contributed by atoms with Gasteiger partial charge in [0.15, 0.2) is 0 Å². The predicted octanol–water partition coefficient (Wildman–Crippen LogP) is 1.35. The summed E-state index contributed by atoms with van der Waals surface area (Å²) >= 11 is 0. The SMILES string of the molecule is CNC(=O)c1ccc(B2OC(C)(C)C(C)(C)O2)c(OC)c1. The average Bonchev–Trinajstić information content (AvgIpc) is 2.65. The van der Waals surface area contributed by atoms with Gasteiger partial charge in [-0.25, -0.2) is 0 Å². The number of carbonyl (C=O) groups excluding carboxylic acids is 1. The predicted molar refractivity (Wildman–Crippen MR) is 82.1 cm³/mol. The zero-order valence-electron chi connectivity index (χ0n) is 13.4. The summed E-state index contributed by atoms with van der Waals surface area (Å²) in [5, 5.41) is 2.59. The molecule has 0 spiro atoms. The summed E-state index contributed by atoms with van der Waals surface area (Å²) in [5.74, 6) is 0.420. The Kier molecular flexibility index (Phi) is 4.04. The van der Waals surface area contributed by atoms with Crippen LogP contribution in [0.15, 0.2) is 18.2 Å². The quantitative estimate of drug-likeness (QED) is 0.854. The van der Waals surface area contributed by atoms with Crippen molar-refractivity contribution in [2.24, 2.45) is 0 Å². The number of nitrogens with one attached hydrogen (secondary N) is 1. The van der Waals surface area contributed by atoms with Crippen LogP contribution >= 0.6 is 0 Å². The maximum atomic E-state index is 11.7. The van der Waals surface area contributed by atoms with Gasteiger partial charge in [0, 0.05) is 18.1 Å². The van der Waals surface area contributed by atoms with Crippen LogP contribution in [0.25, 0.3) is 0 Å². The molecule has 0 aromatic heterocycles. The van der Waals surface area contributed by atoms with Gasteiger partial charge in [0.05, 0.1) is 18.3 Å². The molecule has 1 amide bonds. The first kappa shape index (κ1) is 15.9. The van der Waals surface area contributed by atoms with Crippen LogP contribution in [0.1, 0.15) is 38.1 Å². The highest BCUT2D eigenvalue weighted by molar-refractivity contribution is 6.63. The summed E-state index contributed by atoms with van der Waals surface area (Å²) in [6, 6.07) is 5.24. The number of methoxy groups -OCH3 is 1. The topological polar surface area (TPSA) is 56.8 Å². The fraction of sp³-hybridized carbons (Fsp3) is 0.533. The molecule has 1 aromatic rings. The molecule has 1 saturated heterocycles. The first-order valence-corrected chi connectivity index (χ1v) is 6.97. The molecule has 0 bridgehead atoms. The lowest BCUT2D eigenvalue weighted by Crippen LogP contribution is -2.41. The van der Waals surface area contributed by atoms with Gasteiger partial charge in [-0.2, -0.15) is 0 Å². The smallest absolute Gasteiger partial charge is 0.497 e. The molecule has 1 aliphatic rings. The minimum Gasteiger partial charge on any atom is -0.497 e. The van der Waals surface area contributed by atoms with E-state index < -0.39 is 18.3 Å². The lowest BCUT2D eigenvalue weighted by Gasteiger charge is -2.32. The van der Waals surface area contributed by atoms with Gasteiger partial charge >= 0.3 is 7.12 Å². The molecule has 0 atom stereocenters. The van der Waals surface area contributed by atoms with E-state index in [4.69, 9.17) is 14.0 Å². The fourth-order valence-corrected chi connectivity index (χ4v) is 2.16. The van der Waals surface area contributed by atoms with E-state index in [-0.39, 0.29) is 5.91 Å². The molecule has 6 heteroatoms. The molecule has 0 saturated carbocycles. The average molecular weight is 291 g/mol. The van der Waals surface area contributed by atoms with Crippen LogP contribution in [0, 0.1) is 0 Å². The molecule has 0 aliphatic carbocycles. The summed E-state index contributed by atoms with van der Waals surface area (Å²) < 4.78 is 17.4. The third kappa shape index (κ3) is 2.78. The van der Waals surface area contributed by atoms with Gasteiger partial charge in [-0.1, -0.05) is 6.07 Å². The van der Waals surface area contributed by atoms with Crippen molar-refractivity contribution in [2.45, 2.75) is 38.9 Å². The molecule has 1 fully saturated rings. The standard InChI is InChI=1S/C15H22BNO4/c1-14(2)15(3,4)21-16(20-14)11-8-7-10(13(18)17-5)9-12(11)19-6/h7-9H,1-6H3,(H,17,18). The zero-order valence-corrected chi connectivity index (χ0v) is 13.4. The third-order valence-electron chi connectivity index (χ3n) is 4.23. The van der Waals surface area contributed by atoms with Crippen molar-refractivity contribution in [3.63, 3.8) is 0 Å². The maximum Gasteiger partial charge on any atom is 0.498 e. The Labute approximate surface area is 126 Å². The second-order valence-electron chi connectivity index (χ2n) is 6.12. The summed E-state index contributed by atoms with van der Waals surface area (Å²) in [7, 11) is 2.65. The van der Waals surface area contributed by atoms with Gasteiger partial charge in [0.25, 0.3) is 5.91 Å². The third-order valence-corrected chi connectivity index (χ3v) is 4.23. The Morgan fingerprint density at radius 2 is 1.76 bits per heavy atom. The Morgan fingerprint density at radius 3 is 2.24 bits per heavy atom. The molecule has 1 N–H and O–H groups in total. The van der Waals surface area contributed by atoms with E-state index in [0.29, 0.717) is 11.3 Å². The van der Waals surface area contributed by atoms with Crippen molar-refractivity contribution in [1.29, 1.82) is 0 Å². The van der Waals surface area contributed by atoms with Gasteiger partial charge in [-0.3, -0.25) is 4.79 Å². The molecule has 1 heterocycles. The normalized spacial score (nSPS) is 19.4. The summed E-state index contributed by atoms with van der Waals surface area (Å²) in [5.41, 5.74) is 0.489. The maximum absolute atomic E-state index is 11.7. The number of benzene rings is 1. The second-order valence-corrected chi connectivity index (χ2v) is 6.12. The highest BCUT2D eigenvalue weighted by Crippen LogP contribution is 2.37. The Morgan fingerprint density at radius 1 is 1.19 bits per heavy atom. The molecular formula is C15H22BNO4. The van der Waals surface area contributed by atoms with Gasteiger partial charge in [0.2, 0.25) is 0 Å². The molecule has 1 aliphatic heterocycles. The van der Waals surface area contributed by atoms with Gasteiger partial charge < -0.3 is 19.4 Å². The lowest BCUT2D eigenvalue weighted by molar-refractivity contribution is 0.00578. The molecule has 0 unspecified atom stereocenters. The highest BCUT2D eigenvalue weighted by Gasteiger charge is 2.52. The largest absolute Gasteiger partial charge is 0.498 e. The molecule has 5 nitrogen and oxygen atoms in total. The van der Waals surface area contributed by atoms with E-state index in [1.165, 1.54) is 0 Å². The Balaban J connectivity index is 2.35. The zero-order chi connectivity index (χ0) is 15.8. The minimum absolute atomic E-state index is 0.159. The van der Waals surface area contributed by atoms with Crippen LogP contribution in [0.2, 0.25) is 0 Å². The van der Waals surface area contributed by atoms with E-state index in [0.717, 1.165) is 5.46 Å². The lowest BCUT2D eigenvalue weighted by atomic mass is 9.78. The van der Waals surface area contributed by atoms with E-state index in [1.807, 2.05) is 33.8 Å². The summed E-state index contributed by atoms with van der Waals surface area (Å²) in [6.07, 6.45) is 0. The van der Waals surface area contributed by atoms with E-state index in [9.17, 15) is 4.79 Å². The van der Waals surface area contributed by atoms with Crippen LogP contribution < -0.4 is 15.5 Å². The van der Waals surface area contributed by atoms with Crippen molar-refractivity contribution in [3.8, 4) is 5.75 Å². The Bertz CT molecular complexity index is 541. The van der Waals surface area contributed by atoms with E-state index in [2.05, 4.69) is 5.32 Å². The number of hydrogen-bond donors (Lipinski definition) is 1. The van der Waals surface area contributed by atoms with Crippen LogP contribution in [0.5, 0.6) is 5.75 Å². The number of ether oxygens (including phenoxy) is 1. The van der Waals surface area contributed by atoms with Crippen molar-refractivity contribution in [3.05, 3.63) is 23.8 Å². The van der Waals surface area contributed by atoms with Crippen molar-refractivity contribution >= 4 is 18.5 Å². The highest BCUT2D eigenvalue weighted by atomic mass is 16.7. The Hall–Kier alpha value is -1.53. The molecule has 114 valence electrons. The van der Waals surface area contributed by atoms with Crippen LogP contribution in [0.4, 0.5) is 0 Å².